The Morgan fingerprint density at radius 2 is 1.88 bits per heavy atom. The van der Waals surface area contributed by atoms with Crippen molar-refractivity contribution in [1.29, 1.82) is 0 Å². The minimum atomic E-state index is -3.68. The summed E-state index contributed by atoms with van der Waals surface area (Å²) in [6.45, 7) is 8.11. The van der Waals surface area contributed by atoms with Crippen LogP contribution in [0.5, 0.6) is 11.5 Å². The molecule has 1 rings (SSSR count). The first kappa shape index (κ1) is 21.1. The van der Waals surface area contributed by atoms with Gasteiger partial charge in [0.2, 0.25) is 0 Å². The van der Waals surface area contributed by atoms with Gasteiger partial charge in [0, 0.05) is 18.6 Å². The summed E-state index contributed by atoms with van der Waals surface area (Å²) in [7, 11) is -2.24. The summed E-state index contributed by atoms with van der Waals surface area (Å²) in [5.74, 6) is 0.423. The van der Waals surface area contributed by atoms with E-state index in [1.165, 1.54) is 7.11 Å². The summed E-state index contributed by atoms with van der Waals surface area (Å²) < 4.78 is 33.0. The maximum Gasteiger partial charge on any atom is 0.318 e. The van der Waals surface area contributed by atoms with Crippen LogP contribution < -0.4 is 14.2 Å². The molecule has 0 spiro atoms. The fourth-order valence-electron chi connectivity index (χ4n) is 2.22. The van der Waals surface area contributed by atoms with E-state index in [0.717, 1.165) is 18.2 Å². The van der Waals surface area contributed by atoms with Gasteiger partial charge in [-0.3, -0.25) is 0 Å². The lowest BCUT2D eigenvalue weighted by atomic mass is 10.1. The molecule has 1 atom stereocenters. The first-order valence-corrected chi connectivity index (χ1v) is 10.0. The molecule has 1 aromatic rings. The maximum absolute atomic E-state index is 12.5. The van der Waals surface area contributed by atoms with Crippen LogP contribution in [0.4, 0.5) is 4.79 Å². The van der Waals surface area contributed by atoms with Gasteiger partial charge in [-0.2, -0.15) is 8.42 Å². The molecule has 0 radical (unpaired) electrons. The van der Waals surface area contributed by atoms with Gasteiger partial charge in [0.05, 0.1) is 13.4 Å². The van der Waals surface area contributed by atoms with Crippen molar-refractivity contribution >= 4 is 16.1 Å². The van der Waals surface area contributed by atoms with E-state index in [9.17, 15) is 13.2 Å². The Balaban J connectivity index is 3.11. The smallest absolute Gasteiger partial charge is 0.318 e. The number of carbonyl (C=O) groups excluding carboxylic acids is 1. The molecular formula is C17H28N2O5S. The highest BCUT2D eigenvalue weighted by molar-refractivity contribution is 7.86. The minimum absolute atomic E-state index is 0.0269. The number of carbonyl (C=O) groups is 1. The lowest BCUT2D eigenvalue weighted by Crippen LogP contribution is -2.46. The molecule has 0 fully saturated rings. The number of ether oxygens (including phenoxy) is 1. The molecule has 0 aliphatic carbocycles. The molecule has 0 aromatic heterocycles. The molecular weight excluding hydrogens is 344 g/mol. The van der Waals surface area contributed by atoms with Crippen molar-refractivity contribution in [3.8, 4) is 11.5 Å². The Morgan fingerprint density at radius 3 is 2.36 bits per heavy atom. The molecule has 0 heterocycles. The third-order valence-corrected chi connectivity index (χ3v) is 4.10. The molecule has 0 saturated heterocycles. The van der Waals surface area contributed by atoms with Crippen molar-refractivity contribution in [2.75, 3.05) is 13.4 Å². The zero-order valence-corrected chi connectivity index (χ0v) is 16.5. The fraction of sp³-hybridized carbons (Fsp3) is 0.588. The number of methoxy groups -OCH3 is 1. The number of benzene rings is 1. The Morgan fingerprint density at radius 1 is 1.24 bits per heavy atom. The van der Waals surface area contributed by atoms with Crippen molar-refractivity contribution in [2.45, 2.75) is 52.7 Å². The largest absolute Gasteiger partial charge is 0.493 e. The topological polar surface area (TPSA) is 84.9 Å². The number of rotatable bonds is 8. The van der Waals surface area contributed by atoms with Crippen LogP contribution >= 0.6 is 0 Å². The zero-order chi connectivity index (χ0) is 19.2. The molecule has 0 saturated carbocycles. The van der Waals surface area contributed by atoms with Gasteiger partial charge < -0.3 is 19.1 Å². The third-order valence-electron chi connectivity index (χ3n) is 3.62. The van der Waals surface area contributed by atoms with Crippen LogP contribution in [0, 0.1) is 0 Å². The van der Waals surface area contributed by atoms with E-state index >= 15 is 0 Å². The van der Waals surface area contributed by atoms with Crippen LogP contribution in [-0.2, 0) is 16.7 Å². The minimum Gasteiger partial charge on any atom is -0.493 e. The lowest BCUT2D eigenvalue weighted by Gasteiger charge is -2.30. The predicted molar refractivity (Wildman–Crippen MR) is 97.4 cm³/mol. The van der Waals surface area contributed by atoms with E-state index < -0.39 is 10.1 Å². The molecule has 0 bridgehead atoms. The SMILES string of the molecule is CC[C@H](C)N(Cc1ccc(OC)c(OS(C)(=O)=O)c1)C(=O)NC(C)C. The summed E-state index contributed by atoms with van der Waals surface area (Å²) in [6.07, 6.45) is 1.77. The van der Waals surface area contributed by atoms with Crippen LogP contribution in [-0.4, -0.2) is 44.8 Å². The van der Waals surface area contributed by atoms with Crippen molar-refractivity contribution in [3.05, 3.63) is 23.8 Å². The Hall–Kier alpha value is -1.96. The third kappa shape index (κ3) is 6.81. The zero-order valence-electron chi connectivity index (χ0n) is 15.7. The number of nitrogens with zero attached hydrogens (tertiary/aromatic N) is 1. The van der Waals surface area contributed by atoms with E-state index in [0.29, 0.717) is 12.3 Å². The quantitative estimate of drug-likeness (QED) is 0.709. The normalized spacial score (nSPS) is 12.6. The second-order valence-electron chi connectivity index (χ2n) is 6.26. The van der Waals surface area contributed by atoms with Crippen LogP contribution in [0.15, 0.2) is 18.2 Å². The molecule has 0 aliphatic heterocycles. The summed E-state index contributed by atoms with van der Waals surface area (Å²) >= 11 is 0. The molecule has 8 heteroatoms. The van der Waals surface area contributed by atoms with Crippen molar-refractivity contribution < 1.29 is 22.1 Å². The van der Waals surface area contributed by atoms with E-state index in [1.54, 1.807) is 23.1 Å². The van der Waals surface area contributed by atoms with Gasteiger partial charge in [-0.1, -0.05) is 13.0 Å². The standard InChI is InChI=1S/C17H28N2O5S/c1-7-13(4)19(17(20)18-12(2)3)11-14-8-9-15(23-5)16(10-14)24-25(6,21)22/h8-10,12-13H,7,11H2,1-6H3,(H,18,20)/t13-/m0/s1. The number of nitrogens with one attached hydrogen (secondary N) is 1. The molecule has 0 aliphatic rings. The second kappa shape index (κ2) is 8.94. The highest BCUT2D eigenvalue weighted by Crippen LogP contribution is 2.30. The van der Waals surface area contributed by atoms with Crippen molar-refractivity contribution in [1.82, 2.24) is 10.2 Å². The van der Waals surface area contributed by atoms with Crippen LogP contribution in [0.25, 0.3) is 0 Å². The first-order valence-electron chi connectivity index (χ1n) is 8.20. The van der Waals surface area contributed by atoms with Crippen LogP contribution in [0.1, 0.15) is 39.7 Å². The number of hydrogen-bond donors (Lipinski definition) is 1. The van der Waals surface area contributed by atoms with Crippen LogP contribution in [0.3, 0.4) is 0 Å². The summed E-state index contributed by atoms with van der Waals surface area (Å²) in [5, 5.41) is 2.89. The molecule has 7 nitrogen and oxygen atoms in total. The van der Waals surface area contributed by atoms with E-state index in [-0.39, 0.29) is 23.9 Å². The number of amides is 2. The monoisotopic (exact) mass is 372 g/mol. The maximum atomic E-state index is 12.5. The average molecular weight is 372 g/mol. The van der Waals surface area contributed by atoms with Gasteiger partial charge in [0.25, 0.3) is 0 Å². The highest BCUT2D eigenvalue weighted by atomic mass is 32.2. The lowest BCUT2D eigenvalue weighted by molar-refractivity contribution is 0.171. The number of urea groups is 1. The molecule has 142 valence electrons. The van der Waals surface area contributed by atoms with Crippen molar-refractivity contribution in [3.63, 3.8) is 0 Å². The Labute approximate surface area is 150 Å². The Bertz CT molecular complexity index is 688. The van der Waals surface area contributed by atoms with E-state index in [2.05, 4.69) is 5.32 Å². The van der Waals surface area contributed by atoms with Gasteiger partial charge in [-0.05, 0) is 44.9 Å². The number of hydrogen-bond acceptors (Lipinski definition) is 5. The average Bonchev–Trinajstić information content (AvgIpc) is 2.49. The second-order valence-corrected chi connectivity index (χ2v) is 7.84. The molecule has 1 aromatic carbocycles. The van der Waals surface area contributed by atoms with Crippen LogP contribution in [0.2, 0.25) is 0 Å². The van der Waals surface area contributed by atoms with E-state index in [1.807, 2.05) is 27.7 Å². The first-order chi connectivity index (χ1) is 11.6. The van der Waals surface area contributed by atoms with Gasteiger partial charge >= 0.3 is 16.1 Å². The highest BCUT2D eigenvalue weighted by Gasteiger charge is 2.21. The molecule has 2 amide bonds. The van der Waals surface area contributed by atoms with Gasteiger partial charge in [-0.15, -0.1) is 0 Å². The van der Waals surface area contributed by atoms with Gasteiger partial charge in [0.15, 0.2) is 11.5 Å². The fourth-order valence-corrected chi connectivity index (χ4v) is 2.68. The summed E-state index contributed by atoms with van der Waals surface area (Å²) in [4.78, 5) is 14.2. The summed E-state index contributed by atoms with van der Waals surface area (Å²) in [5.41, 5.74) is 0.749. The predicted octanol–water partition coefficient (Wildman–Crippen LogP) is 2.75. The molecule has 0 unspecified atom stereocenters. The van der Waals surface area contributed by atoms with E-state index in [4.69, 9.17) is 8.92 Å². The summed E-state index contributed by atoms with van der Waals surface area (Å²) in [6, 6.07) is 4.89. The van der Waals surface area contributed by atoms with Gasteiger partial charge in [0.1, 0.15) is 0 Å². The Kier molecular flexibility index (Phi) is 7.54. The van der Waals surface area contributed by atoms with Gasteiger partial charge in [-0.25, -0.2) is 4.79 Å². The molecule has 25 heavy (non-hydrogen) atoms. The van der Waals surface area contributed by atoms with Crippen molar-refractivity contribution in [2.24, 2.45) is 0 Å². The molecule has 1 N–H and O–H groups in total.